The summed E-state index contributed by atoms with van der Waals surface area (Å²) in [5, 5.41) is 7.50. The molecule has 0 aliphatic rings. The average Bonchev–Trinajstić information content (AvgIpc) is 2.85. The van der Waals surface area contributed by atoms with Gasteiger partial charge in [0.05, 0.1) is 6.54 Å². The zero-order valence-electron chi connectivity index (χ0n) is 10.8. The number of hydrogen-bond donors (Lipinski definition) is 2. The molecule has 102 valence electrons. The Morgan fingerprint density at radius 3 is 2.68 bits per heavy atom. The fraction of sp³-hybridized carbons (Fsp3) is 0.308. The van der Waals surface area contributed by atoms with Crippen molar-refractivity contribution in [3.05, 3.63) is 39.6 Å². The fourth-order valence-corrected chi connectivity index (χ4v) is 2.68. The molecular formula is C13H15F2N3S. The summed E-state index contributed by atoms with van der Waals surface area (Å²) in [6.45, 7) is 2.56. The predicted molar refractivity (Wildman–Crippen MR) is 74.7 cm³/mol. The molecule has 2 heterocycles. The second-order valence-electron chi connectivity index (χ2n) is 3.98. The molecule has 0 aliphatic carbocycles. The molecule has 19 heavy (non-hydrogen) atoms. The Labute approximate surface area is 114 Å². The summed E-state index contributed by atoms with van der Waals surface area (Å²) in [7, 11) is 1.54. The van der Waals surface area contributed by atoms with Gasteiger partial charge in [-0.2, -0.15) is 0 Å². The minimum absolute atomic E-state index is 0.0331. The van der Waals surface area contributed by atoms with Gasteiger partial charge in [0.15, 0.2) is 23.3 Å². The molecule has 0 saturated carbocycles. The lowest BCUT2D eigenvalue weighted by Crippen LogP contribution is -2.07. The SMILES string of the molecule is CCc1ccsc1CNc1nc(NC)c(F)cc1F. The standard InChI is InChI=1S/C13H15F2N3S/c1-3-8-4-5-19-11(8)7-17-13-10(15)6-9(14)12(16-2)18-13/h4-6H,3,7H2,1-2H3,(H2,16,17,18). The van der Waals surface area contributed by atoms with E-state index in [1.54, 1.807) is 18.4 Å². The number of halogens is 2. The zero-order valence-corrected chi connectivity index (χ0v) is 11.6. The van der Waals surface area contributed by atoms with Crippen LogP contribution in [0.3, 0.4) is 0 Å². The van der Waals surface area contributed by atoms with E-state index in [1.807, 2.05) is 5.38 Å². The van der Waals surface area contributed by atoms with Gasteiger partial charge in [0.1, 0.15) is 0 Å². The molecule has 2 aromatic heterocycles. The second-order valence-corrected chi connectivity index (χ2v) is 4.98. The molecule has 3 nitrogen and oxygen atoms in total. The number of anilines is 2. The number of nitrogens with one attached hydrogen (secondary N) is 2. The maximum atomic E-state index is 13.6. The predicted octanol–water partition coefficient (Wildman–Crippen LogP) is 3.64. The summed E-state index contributed by atoms with van der Waals surface area (Å²) in [5.41, 5.74) is 1.23. The van der Waals surface area contributed by atoms with Crippen LogP contribution in [0.25, 0.3) is 0 Å². The summed E-state index contributed by atoms with van der Waals surface area (Å²) < 4.78 is 26.9. The second kappa shape index (κ2) is 5.97. The van der Waals surface area contributed by atoms with Crippen LogP contribution >= 0.6 is 11.3 Å². The van der Waals surface area contributed by atoms with Crippen molar-refractivity contribution in [2.75, 3.05) is 17.7 Å². The summed E-state index contributed by atoms with van der Waals surface area (Å²) in [5.74, 6) is -1.30. The first kappa shape index (κ1) is 13.7. The van der Waals surface area contributed by atoms with Crippen LogP contribution in [0.5, 0.6) is 0 Å². The number of thiophene rings is 1. The van der Waals surface area contributed by atoms with E-state index in [0.717, 1.165) is 17.4 Å². The highest BCUT2D eigenvalue weighted by molar-refractivity contribution is 7.10. The number of rotatable bonds is 5. The van der Waals surface area contributed by atoms with Crippen LogP contribution in [0, 0.1) is 11.6 Å². The van der Waals surface area contributed by atoms with E-state index in [9.17, 15) is 8.78 Å². The van der Waals surface area contributed by atoms with Crippen molar-refractivity contribution >= 4 is 23.0 Å². The van der Waals surface area contributed by atoms with Crippen molar-refractivity contribution in [2.24, 2.45) is 0 Å². The maximum absolute atomic E-state index is 13.6. The van der Waals surface area contributed by atoms with Gasteiger partial charge in [-0.3, -0.25) is 0 Å². The van der Waals surface area contributed by atoms with E-state index in [0.29, 0.717) is 6.54 Å². The smallest absolute Gasteiger partial charge is 0.168 e. The Hall–Kier alpha value is -1.69. The Balaban J connectivity index is 2.15. The molecule has 0 saturated heterocycles. The van der Waals surface area contributed by atoms with Crippen molar-refractivity contribution in [3.63, 3.8) is 0 Å². The van der Waals surface area contributed by atoms with E-state index >= 15 is 0 Å². The highest BCUT2D eigenvalue weighted by atomic mass is 32.1. The molecule has 2 rings (SSSR count). The first-order valence-corrected chi connectivity index (χ1v) is 6.86. The van der Waals surface area contributed by atoms with Gasteiger partial charge in [0.2, 0.25) is 0 Å². The van der Waals surface area contributed by atoms with Crippen LogP contribution in [0.15, 0.2) is 17.5 Å². The molecule has 0 amide bonds. The molecule has 0 unspecified atom stereocenters. The lowest BCUT2D eigenvalue weighted by Gasteiger charge is -2.09. The van der Waals surface area contributed by atoms with Gasteiger partial charge in [0, 0.05) is 18.0 Å². The number of aryl methyl sites for hydroxylation is 1. The molecule has 0 bridgehead atoms. The third kappa shape index (κ3) is 3.01. The lowest BCUT2D eigenvalue weighted by molar-refractivity contribution is 0.578. The van der Waals surface area contributed by atoms with Gasteiger partial charge >= 0.3 is 0 Å². The van der Waals surface area contributed by atoms with Crippen molar-refractivity contribution < 1.29 is 8.78 Å². The average molecular weight is 283 g/mol. The summed E-state index contributed by atoms with van der Waals surface area (Å²) in [4.78, 5) is 5.02. The Kier molecular flexibility index (Phi) is 4.31. The van der Waals surface area contributed by atoms with Crippen molar-refractivity contribution in [1.29, 1.82) is 0 Å². The first-order valence-electron chi connectivity index (χ1n) is 5.98. The molecule has 2 N–H and O–H groups in total. The molecule has 0 radical (unpaired) electrons. The van der Waals surface area contributed by atoms with Crippen LogP contribution < -0.4 is 10.6 Å². The van der Waals surface area contributed by atoms with Gasteiger partial charge in [0.25, 0.3) is 0 Å². The van der Waals surface area contributed by atoms with E-state index in [-0.39, 0.29) is 11.6 Å². The number of aromatic nitrogens is 1. The molecule has 0 atom stereocenters. The van der Waals surface area contributed by atoms with Crippen LogP contribution in [-0.4, -0.2) is 12.0 Å². The van der Waals surface area contributed by atoms with Crippen molar-refractivity contribution in [1.82, 2.24) is 4.98 Å². The Morgan fingerprint density at radius 2 is 2.00 bits per heavy atom. The molecule has 0 fully saturated rings. The summed E-state index contributed by atoms with van der Waals surface area (Å²) in [6.07, 6.45) is 0.932. The van der Waals surface area contributed by atoms with Gasteiger partial charge in [-0.1, -0.05) is 6.92 Å². The monoisotopic (exact) mass is 283 g/mol. The quantitative estimate of drug-likeness (QED) is 0.879. The molecule has 2 aromatic rings. The third-order valence-corrected chi connectivity index (χ3v) is 3.76. The van der Waals surface area contributed by atoms with Crippen molar-refractivity contribution in [3.8, 4) is 0 Å². The Bertz CT molecular complexity index is 569. The van der Waals surface area contributed by atoms with E-state index < -0.39 is 11.6 Å². The zero-order chi connectivity index (χ0) is 13.8. The number of nitrogens with zero attached hydrogens (tertiary/aromatic N) is 1. The fourth-order valence-electron chi connectivity index (χ4n) is 1.77. The van der Waals surface area contributed by atoms with E-state index in [2.05, 4.69) is 28.6 Å². The first-order chi connectivity index (χ1) is 9.15. The van der Waals surface area contributed by atoms with E-state index in [4.69, 9.17) is 0 Å². The molecular weight excluding hydrogens is 268 g/mol. The summed E-state index contributed by atoms with van der Waals surface area (Å²) >= 11 is 1.61. The van der Waals surface area contributed by atoms with Crippen LogP contribution in [-0.2, 0) is 13.0 Å². The topological polar surface area (TPSA) is 37.0 Å². The highest BCUT2D eigenvalue weighted by Crippen LogP contribution is 2.22. The van der Waals surface area contributed by atoms with Crippen molar-refractivity contribution in [2.45, 2.75) is 19.9 Å². The summed E-state index contributed by atoms with van der Waals surface area (Å²) in [6, 6.07) is 2.88. The third-order valence-electron chi connectivity index (χ3n) is 2.80. The van der Waals surface area contributed by atoms with Crippen LogP contribution in [0.2, 0.25) is 0 Å². The molecule has 0 spiro atoms. The normalized spacial score (nSPS) is 10.5. The number of pyridine rings is 1. The molecule has 0 aromatic carbocycles. The minimum Gasteiger partial charge on any atom is -0.371 e. The largest absolute Gasteiger partial charge is 0.371 e. The van der Waals surface area contributed by atoms with Gasteiger partial charge in [-0.25, -0.2) is 13.8 Å². The minimum atomic E-state index is -0.698. The molecule has 6 heteroatoms. The van der Waals surface area contributed by atoms with Gasteiger partial charge in [-0.05, 0) is 23.4 Å². The van der Waals surface area contributed by atoms with Gasteiger partial charge in [-0.15, -0.1) is 11.3 Å². The lowest BCUT2D eigenvalue weighted by atomic mass is 10.2. The van der Waals surface area contributed by atoms with Crippen LogP contribution in [0.1, 0.15) is 17.4 Å². The van der Waals surface area contributed by atoms with Gasteiger partial charge < -0.3 is 10.6 Å². The number of hydrogen-bond acceptors (Lipinski definition) is 4. The molecule has 0 aliphatic heterocycles. The van der Waals surface area contributed by atoms with Crippen LogP contribution in [0.4, 0.5) is 20.4 Å². The maximum Gasteiger partial charge on any atom is 0.168 e. The highest BCUT2D eigenvalue weighted by Gasteiger charge is 2.11. The van der Waals surface area contributed by atoms with E-state index in [1.165, 1.54) is 5.56 Å². The Morgan fingerprint density at radius 1 is 1.26 bits per heavy atom.